The largest absolute Gasteiger partial charge is 0.435 e. The van der Waals surface area contributed by atoms with Crippen LogP contribution in [0.2, 0.25) is 0 Å². The Morgan fingerprint density at radius 1 is 1.35 bits per heavy atom. The van der Waals surface area contributed by atoms with Crippen molar-refractivity contribution in [1.82, 2.24) is 0 Å². The highest BCUT2D eigenvalue weighted by Gasteiger charge is 2.10. The Bertz CT molecular complexity index is 378. The van der Waals surface area contributed by atoms with Crippen molar-refractivity contribution in [2.75, 3.05) is 6.61 Å². The van der Waals surface area contributed by atoms with Gasteiger partial charge in [0.25, 0.3) is 0 Å². The third kappa shape index (κ3) is 4.91. The second-order valence-corrected chi connectivity index (χ2v) is 3.69. The molecule has 0 fully saturated rings. The van der Waals surface area contributed by atoms with E-state index in [4.69, 9.17) is 4.74 Å². The lowest BCUT2D eigenvalue weighted by molar-refractivity contribution is -0.0498. The number of ether oxygens (including phenoxy) is 2. The van der Waals surface area contributed by atoms with Gasteiger partial charge in [0.15, 0.2) is 5.78 Å². The summed E-state index contributed by atoms with van der Waals surface area (Å²) in [5.41, 5.74) is 0.295. The summed E-state index contributed by atoms with van der Waals surface area (Å²) >= 11 is 0. The van der Waals surface area contributed by atoms with Gasteiger partial charge in [0, 0.05) is 5.56 Å². The fraction of sp³-hybridized carbons (Fsp3) is 0.417. The van der Waals surface area contributed by atoms with E-state index in [9.17, 15) is 13.6 Å². The first-order valence-corrected chi connectivity index (χ1v) is 5.18. The standard InChI is InChI=1S/C12H14F2O3/c1-8(2)16-7-11(15)9-4-3-5-10(6-9)17-12(13)14/h3-6,8,12H,7H2,1-2H3. The lowest BCUT2D eigenvalue weighted by atomic mass is 10.1. The predicted molar refractivity (Wildman–Crippen MR) is 58.5 cm³/mol. The number of carbonyl (C=O) groups excluding carboxylic acids is 1. The first-order valence-electron chi connectivity index (χ1n) is 5.18. The fourth-order valence-corrected chi connectivity index (χ4v) is 1.17. The number of ketones is 1. The fourth-order valence-electron chi connectivity index (χ4n) is 1.17. The van der Waals surface area contributed by atoms with E-state index in [1.54, 1.807) is 0 Å². The minimum Gasteiger partial charge on any atom is -0.435 e. The Balaban J connectivity index is 2.67. The average Bonchev–Trinajstić information content (AvgIpc) is 2.25. The average molecular weight is 244 g/mol. The molecule has 0 aliphatic heterocycles. The van der Waals surface area contributed by atoms with Gasteiger partial charge in [-0.2, -0.15) is 8.78 Å². The van der Waals surface area contributed by atoms with Gasteiger partial charge in [-0.15, -0.1) is 0 Å². The van der Waals surface area contributed by atoms with E-state index >= 15 is 0 Å². The van der Waals surface area contributed by atoms with E-state index in [1.807, 2.05) is 13.8 Å². The zero-order chi connectivity index (χ0) is 12.8. The molecular formula is C12H14F2O3. The van der Waals surface area contributed by atoms with Gasteiger partial charge >= 0.3 is 6.61 Å². The number of benzene rings is 1. The molecule has 1 aromatic rings. The highest BCUT2D eigenvalue weighted by atomic mass is 19.3. The van der Waals surface area contributed by atoms with Crippen LogP contribution in [0.1, 0.15) is 24.2 Å². The molecule has 0 heterocycles. The van der Waals surface area contributed by atoms with Gasteiger partial charge in [0.2, 0.25) is 0 Å². The van der Waals surface area contributed by atoms with Gasteiger partial charge in [0.1, 0.15) is 12.4 Å². The number of alkyl halides is 2. The SMILES string of the molecule is CC(C)OCC(=O)c1cccc(OC(F)F)c1. The molecule has 0 radical (unpaired) electrons. The topological polar surface area (TPSA) is 35.5 Å². The molecule has 1 rings (SSSR count). The van der Waals surface area contributed by atoms with Crippen molar-refractivity contribution in [3.63, 3.8) is 0 Å². The molecule has 0 unspecified atom stereocenters. The van der Waals surface area contributed by atoms with Gasteiger partial charge in [-0.1, -0.05) is 12.1 Å². The number of Topliss-reactive ketones (excluding diaryl/α,β-unsaturated/α-hetero) is 1. The first kappa shape index (κ1) is 13.6. The second-order valence-electron chi connectivity index (χ2n) is 3.69. The van der Waals surface area contributed by atoms with Crippen LogP contribution >= 0.6 is 0 Å². The summed E-state index contributed by atoms with van der Waals surface area (Å²) < 4.78 is 33.3. The van der Waals surface area contributed by atoms with Crippen molar-refractivity contribution >= 4 is 5.78 Å². The molecule has 0 N–H and O–H groups in total. The van der Waals surface area contributed by atoms with Crippen LogP contribution in [0.3, 0.4) is 0 Å². The van der Waals surface area contributed by atoms with Crippen LogP contribution in [0, 0.1) is 0 Å². The van der Waals surface area contributed by atoms with Crippen LogP contribution in [-0.2, 0) is 4.74 Å². The van der Waals surface area contributed by atoms with Crippen LogP contribution in [-0.4, -0.2) is 25.1 Å². The van der Waals surface area contributed by atoms with Crippen molar-refractivity contribution in [1.29, 1.82) is 0 Å². The van der Waals surface area contributed by atoms with E-state index in [1.165, 1.54) is 24.3 Å². The summed E-state index contributed by atoms with van der Waals surface area (Å²) in [6.07, 6.45) is -0.0561. The zero-order valence-electron chi connectivity index (χ0n) is 9.65. The molecule has 0 aliphatic carbocycles. The molecular weight excluding hydrogens is 230 g/mol. The molecule has 17 heavy (non-hydrogen) atoms. The highest BCUT2D eigenvalue weighted by Crippen LogP contribution is 2.16. The van der Waals surface area contributed by atoms with E-state index in [0.29, 0.717) is 5.56 Å². The Morgan fingerprint density at radius 2 is 2.06 bits per heavy atom. The number of rotatable bonds is 6. The van der Waals surface area contributed by atoms with E-state index in [0.717, 1.165) is 0 Å². The number of hydrogen-bond donors (Lipinski definition) is 0. The van der Waals surface area contributed by atoms with E-state index in [2.05, 4.69) is 4.74 Å². The maximum Gasteiger partial charge on any atom is 0.387 e. The van der Waals surface area contributed by atoms with Gasteiger partial charge in [0.05, 0.1) is 6.10 Å². The van der Waals surface area contributed by atoms with Gasteiger partial charge in [-0.05, 0) is 26.0 Å². The van der Waals surface area contributed by atoms with Gasteiger partial charge in [-0.25, -0.2) is 0 Å². The summed E-state index contributed by atoms with van der Waals surface area (Å²) in [6.45, 7) is 0.649. The van der Waals surface area contributed by atoms with E-state index in [-0.39, 0.29) is 24.2 Å². The highest BCUT2D eigenvalue weighted by molar-refractivity contribution is 5.97. The summed E-state index contributed by atoms with van der Waals surface area (Å²) in [4.78, 5) is 11.6. The first-order chi connectivity index (χ1) is 7.99. The quantitative estimate of drug-likeness (QED) is 0.722. The molecule has 0 bridgehead atoms. The van der Waals surface area contributed by atoms with Crippen molar-refractivity contribution in [3.8, 4) is 5.75 Å². The molecule has 0 saturated carbocycles. The molecule has 1 aromatic carbocycles. The Labute approximate surface area is 98.3 Å². The van der Waals surface area contributed by atoms with Crippen molar-refractivity contribution in [2.24, 2.45) is 0 Å². The van der Waals surface area contributed by atoms with Gasteiger partial charge < -0.3 is 9.47 Å². The molecule has 94 valence electrons. The Hall–Kier alpha value is -1.49. The van der Waals surface area contributed by atoms with Crippen LogP contribution in [0.4, 0.5) is 8.78 Å². The molecule has 0 amide bonds. The van der Waals surface area contributed by atoms with Crippen molar-refractivity contribution in [3.05, 3.63) is 29.8 Å². The zero-order valence-corrected chi connectivity index (χ0v) is 9.65. The van der Waals surface area contributed by atoms with E-state index < -0.39 is 6.61 Å². The lowest BCUT2D eigenvalue weighted by Gasteiger charge is -2.08. The maximum atomic E-state index is 12.0. The predicted octanol–water partition coefficient (Wildman–Crippen LogP) is 2.90. The smallest absolute Gasteiger partial charge is 0.387 e. The van der Waals surface area contributed by atoms with Crippen LogP contribution in [0.15, 0.2) is 24.3 Å². The molecule has 0 aliphatic rings. The third-order valence-electron chi connectivity index (χ3n) is 1.93. The monoisotopic (exact) mass is 244 g/mol. The summed E-state index contributed by atoms with van der Waals surface area (Å²) in [5, 5.41) is 0. The molecule has 5 heteroatoms. The number of halogens is 2. The Morgan fingerprint density at radius 3 is 2.65 bits per heavy atom. The number of carbonyl (C=O) groups is 1. The minimum absolute atomic E-state index is 0.0320. The molecule has 0 aromatic heterocycles. The summed E-state index contributed by atoms with van der Waals surface area (Å²) in [6, 6.07) is 5.66. The maximum absolute atomic E-state index is 12.0. The van der Waals surface area contributed by atoms with Crippen molar-refractivity contribution in [2.45, 2.75) is 26.6 Å². The van der Waals surface area contributed by atoms with Crippen LogP contribution < -0.4 is 4.74 Å². The van der Waals surface area contributed by atoms with Crippen LogP contribution in [0.25, 0.3) is 0 Å². The lowest BCUT2D eigenvalue weighted by Crippen LogP contribution is -2.13. The molecule has 0 spiro atoms. The number of hydrogen-bond acceptors (Lipinski definition) is 3. The minimum atomic E-state index is -2.90. The van der Waals surface area contributed by atoms with Gasteiger partial charge in [-0.3, -0.25) is 4.79 Å². The van der Waals surface area contributed by atoms with Crippen LogP contribution in [0.5, 0.6) is 5.75 Å². The second kappa shape index (κ2) is 6.30. The molecule has 3 nitrogen and oxygen atoms in total. The Kier molecular flexibility index (Phi) is 5.03. The summed E-state index contributed by atoms with van der Waals surface area (Å²) in [5.74, 6) is -0.297. The molecule has 0 atom stereocenters. The molecule has 0 saturated heterocycles. The normalized spacial score (nSPS) is 10.9. The third-order valence-corrected chi connectivity index (χ3v) is 1.93. The summed E-state index contributed by atoms with van der Waals surface area (Å²) in [7, 11) is 0. The van der Waals surface area contributed by atoms with Crippen molar-refractivity contribution < 1.29 is 23.0 Å².